The standard InChI is InChI=1S/C33H21N5/c1-2-8-26(9-3-1)37-14-12-22-15-24-18-32-29(16-25(24)17-31(22)37)28-10-4-5-11-30(28)38(32)27-20-35-33(36-21-27)23-7-6-13-34-19-23/h1-21H. The van der Waals surface area contributed by atoms with Crippen molar-refractivity contribution >= 4 is 43.5 Å². The minimum atomic E-state index is 0.665. The van der Waals surface area contributed by atoms with Gasteiger partial charge in [-0.15, -0.1) is 0 Å². The van der Waals surface area contributed by atoms with Crippen molar-refractivity contribution in [1.29, 1.82) is 0 Å². The number of rotatable bonds is 3. The van der Waals surface area contributed by atoms with E-state index < -0.39 is 0 Å². The summed E-state index contributed by atoms with van der Waals surface area (Å²) in [7, 11) is 0. The third-order valence-corrected chi connectivity index (χ3v) is 7.29. The second-order valence-electron chi connectivity index (χ2n) is 9.51. The summed E-state index contributed by atoms with van der Waals surface area (Å²) in [6.45, 7) is 0. The minimum absolute atomic E-state index is 0.665. The van der Waals surface area contributed by atoms with E-state index in [0.717, 1.165) is 28.0 Å². The fourth-order valence-electron chi connectivity index (χ4n) is 5.52. The van der Waals surface area contributed by atoms with E-state index in [1.54, 1.807) is 12.4 Å². The van der Waals surface area contributed by atoms with Crippen LogP contribution < -0.4 is 0 Å². The predicted octanol–water partition coefficient (Wildman–Crippen LogP) is 7.73. The highest BCUT2D eigenvalue weighted by Crippen LogP contribution is 2.36. The monoisotopic (exact) mass is 487 g/mol. The topological polar surface area (TPSA) is 48.5 Å². The molecule has 178 valence electrons. The third kappa shape index (κ3) is 3.15. The Morgan fingerprint density at radius 1 is 0.526 bits per heavy atom. The van der Waals surface area contributed by atoms with Crippen molar-refractivity contribution in [1.82, 2.24) is 24.1 Å². The molecule has 0 fully saturated rings. The number of para-hydroxylation sites is 2. The lowest BCUT2D eigenvalue weighted by molar-refractivity contribution is 1.08. The molecule has 4 heterocycles. The van der Waals surface area contributed by atoms with E-state index in [-0.39, 0.29) is 0 Å². The first-order valence-corrected chi connectivity index (χ1v) is 12.6. The number of fused-ring (bicyclic) bond motifs is 5. The molecule has 0 N–H and O–H groups in total. The van der Waals surface area contributed by atoms with Crippen LogP contribution >= 0.6 is 0 Å². The van der Waals surface area contributed by atoms with Gasteiger partial charge in [0, 0.05) is 46.0 Å². The summed E-state index contributed by atoms with van der Waals surface area (Å²) in [5, 5.41) is 6.05. The quantitative estimate of drug-likeness (QED) is 0.256. The van der Waals surface area contributed by atoms with Crippen LogP contribution in [0.1, 0.15) is 0 Å². The molecule has 0 radical (unpaired) electrons. The molecule has 8 aromatic rings. The Hall–Kier alpha value is -5.29. The van der Waals surface area contributed by atoms with Crippen molar-refractivity contribution in [3.8, 4) is 22.8 Å². The van der Waals surface area contributed by atoms with Gasteiger partial charge in [-0.05, 0) is 71.4 Å². The van der Waals surface area contributed by atoms with Crippen LogP contribution in [-0.2, 0) is 0 Å². The van der Waals surface area contributed by atoms with E-state index in [1.165, 1.54) is 32.4 Å². The van der Waals surface area contributed by atoms with E-state index in [4.69, 9.17) is 0 Å². The normalized spacial score (nSPS) is 11.7. The van der Waals surface area contributed by atoms with Gasteiger partial charge in [0.05, 0.1) is 34.6 Å². The Balaban J connectivity index is 1.35. The highest BCUT2D eigenvalue weighted by Gasteiger charge is 2.15. The average Bonchev–Trinajstić information content (AvgIpc) is 3.54. The number of hydrogen-bond acceptors (Lipinski definition) is 3. The maximum absolute atomic E-state index is 4.68. The van der Waals surface area contributed by atoms with Crippen molar-refractivity contribution in [2.24, 2.45) is 0 Å². The highest BCUT2D eigenvalue weighted by atomic mass is 15.0. The molecule has 0 aliphatic heterocycles. The lowest BCUT2D eigenvalue weighted by atomic mass is 10.0. The Morgan fingerprint density at radius 2 is 1.32 bits per heavy atom. The molecule has 0 bridgehead atoms. The zero-order chi connectivity index (χ0) is 25.1. The summed E-state index contributed by atoms with van der Waals surface area (Å²) in [5.74, 6) is 0.665. The molecule has 4 aromatic carbocycles. The first kappa shape index (κ1) is 20.9. The van der Waals surface area contributed by atoms with Gasteiger partial charge < -0.3 is 9.13 Å². The molecule has 8 rings (SSSR count). The average molecular weight is 488 g/mol. The van der Waals surface area contributed by atoms with Gasteiger partial charge in [0.15, 0.2) is 5.82 Å². The zero-order valence-electron chi connectivity index (χ0n) is 20.4. The number of nitrogens with zero attached hydrogens (tertiary/aromatic N) is 5. The van der Waals surface area contributed by atoms with Gasteiger partial charge in [0.2, 0.25) is 0 Å². The van der Waals surface area contributed by atoms with Gasteiger partial charge in [-0.25, -0.2) is 9.97 Å². The van der Waals surface area contributed by atoms with Crippen molar-refractivity contribution in [2.75, 3.05) is 0 Å². The van der Waals surface area contributed by atoms with Crippen LogP contribution in [0, 0.1) is 0 Å². The van der Waals surface area contributed by atoms with Crippen molar-refractivity contribution in [3.63, 3.8) is 0 Å². The van der Waals surface area contributed by atoms with E-state index in [9.17, 15) is 0 Å². The lowest BCUT2D eigenvalue weighted by Gasteiger charge is -2.09. The van der Waals surface area contributed by atoms with Crippen LogP contribution in [0.15, 0.2) is 128 Å². The summed E-state index contributed by atoms with van der Waals surface area (Å²) in [6, 6.07) is 34.3. The van der Waals surface area contributed by atoms with Crippen LogP contribution in [0.4, 0.5) is 0 Å². The van der Waals surface area contributed by atoms with Gasteiger partial charge in [0.1, 0.15) is 0 Å². The largest absolute Gasteiger partial charge is 0.317 e. The van der Waals surface area contributed by atoms with Gasteiger partial charge in [-0.3, -0.25) is 4.98 Å². The summed E-state index contributed by atoms with van der Waals surface area (Å²) < 4.78 is 4.51. The molecule has 38 heavy (non-hydrogen) atoms. The molecule has 0 aliphatic carbocycles. The summed E-state index contributed by atoms with van der Waals surface area (Å²) in [6.07, 6.45) is 9.48. The molecule has 4 aromatic heterocycles. The highest BCUT2D eigenvalue weighted by molar-refractivity contribution is 6.15. The molecule has 5 nitrogen and oxygen atoms in total. The molecule has 5 heteroatoms. The first-order valence-electron chi connectivity index (χ1n) is 12.6. The van der Waals surface area contributed by atoms with Crippen LogP contribution in [0.5, 0.6) is 0 Å². The molecule has 0 atom stereocenters. The first-order chi connectivity index (χ1) is 18.8. The SMILES string of the molecule is c1ccc(-n2ccc3cc4cc5c(cc4cc32)c2ccccc2n5-c2cnc(-c3cccnc3)nc2)cc1. The fraction of sp³-hybridized carbons (Fsp3) is 0. The smallest absolute Gasteiger partial charge is 0.160 e. The maximum atomic E-state index is 4.68. The molecular weight excluding hydrogens is 466 g/mol. The maximum Gasteiger partial charge on any atom is 0.160 e. The Morgan fingerprint density at radius 3 is 2.16 bits per heavy atom. The van der Waals surface area contributed by atoms with E-state index >= 15 is 0 Å². The Labute approximate surface area is 218 Å². The molecule has 0 saturated heterocycles. The van der Waals surface area contributed by atoms with Crippen molar-refractivity contribution in [3.05, 3.63) is 128 Å². The number of hydrogen-bond donors (Lipinski definition) is 0. The van der Waals surface area contributed by atoms with Gasteiger partial charge in [-0.2, -0.15) is 0 Å². The summed E-state index contributed by atoms with van der Waals surface area (Å²) in [4.78, 5) is 13.6. The van der Waals surface area contributed by atoms with Gasteiger partial charge >= 0.3 is 0 Å². The molecule has 0 amide bonds. The third-order valence-electron chi connectivity index (χ3n) is 7.29. The van der Waals surface area contributed by atoms with E-state index in [1.807, 2.05) is 24.5 Å². The molecule has 0 saturated carbocycles. The fourth-order valence-corrected chi connectivity index (χ4v) is 5.52. The second kappa shape index (κ2) is 8.11. The molecule has 0 unspecified atom stereocenters. The summed E-state index contributed by atoms with van der Waals surface area (Å²) in [5.41, 5.74) is 6.46. The van der Waals surface area contributed by atoms with Crippen molar-refractivity contribution < 1.29 is 0 Å². The zero-order valence-corrected chi connectivity index (χ0v) is 20.4. The van der Waals surface area contributed by atoms with Crippen LogP contribution in [-0.4, -0.2) is 24.1 Å². The number of aromatic nitrogens is 5. The molecular formula is C33H21N5. The second-order valence-corrected chi connectivity index (χ2v) is 9.51. The van der Waals surface area contributed by atoms with Crippen LogP contribution in [0.25, 0.3) is 66.2 Å². The Bertz CT molecular complexity index is 2110. The summed E-state index contributed by atoms with van der Waals surface area (Å²) >= 11 is 0. The van der Waals surface area contributed by atoms with E-state index in [2.05, 4.69) is 115 Å². The Kier molecular flexibility index (Phi) is 4.45. The molecule has 0 aliphatic rings. The van der Waals surface area contributed by atoms with E-state index in [0.29, 0.717) is 5.82 Å². The minimum Gasteiger partial charge on any atom is -0.317 e. The molecule has 0 spiro atoms. The van der Waals surface area contributed by atoms with Gasteiger partial charge in [0.25, 0.3) is 0 Å². The predicted molar refractivity (Wildman–Crippen MR) is 154 cm³/mol. The lowest BCUT2D eigenvalue weighted by Crippen LogP contribution is -1.98. The van der Waals surface area contributed by atoms with Crippen LogP contribution in [0.2, 0.25) is 0 Å². The van der Waals surface area contributed by atoms with Crippen molar-refractivity contribution in [2.45, 2.75) is 0 Å². The van der Waals surface area contributed by atoms with Crippen LogP contribution in [0.3, 0.4) is 0 Å². The number of pyridine rings is 1. The number of benzene rings is 4. The van der Waals surface area contributed by atoms with Gasteiger partial charge in [-0.1, -0.05) is 36.4 Å².